The molecular formula is C15H14ClN3O. The normalized spacial score (nSPS) is 14.4. The first-order chi connectivity index (χ1) is 9.67. The Hall–Kier alpha value is -1.99. The second-order valence-electron chi connectivity index (χ2n) is 4.99. The number of rotatable bonds is 2. The van der Waals surface area contributed by atoms with Gasteiger partial charge in [0.1, 0.15) is 5.69 Å². The molecule has 1 aromatic carbocycles. The molecule has 4 nitrogen and oxygen atoms in total. The first kappa shape index (κ1) is 13.0. The van der Waals surface area contributed by atoms with Crippen molar-refractivity contribution in [3.63, 3.8) is 0 Å². The Morgan fingerprint density at radius 3 is 2.90 bits per heavy atom. The molecule has 0 saturated heterocycles. The third-order valence-electron chi connectivity index (χ3n) is 3.85. The number of alkyl halides is 1. The van der Waals surface area contributed by atoms with E-state index >= 15 is 0 Å². The molecule has 0 atom stereocenters. The highest BCUT2D eigenvalue weighted by Crippen LogP contribution is 2.30. The monoisotopic (exact) mass is 287 g/mol. The summed E-state index contributed by atoms with van der Waals surface area (Å²) in [6, 6.07) is 7.73. The molecule has 0 spiro atoms. The van der Waals surface area contributed by atoms with E-state index in [1.165, 1.54) is 0 Å². The van der Waals surface area contributed by atoms with Crippen molar-refractivity contribution >= 4 is 28.4 Å². The molecule has 1 aliphatic heterocycles. The average molecular weight is 288 g/mol. The van der Waals surface area contributed by atoms with Crippen LogP contribution in [0.25, 0.3) is 10.9 Å². The largest absolute Gasteiger partial charge is 0.339 e. The summed E-state index contributed by atoms with van der Waals surface area (Å²) in [4.78, 5) is 14.2. The Balaban J connectivity index is 2.34. The number of hydrogen-bond acceptors (Lipinski definition) is 2. The second kappa shape index (κ2) is 4.84. The van der Waals surface area contributed by atoms with Gasteiger partial charge in [0.2, 0.25) is 0 Å². The molecule has 0 fully saturated rings. The van der Waals surface area contributed by atoms with Crippen LogP contribution in [0.3, 0.4) is 0 Å². The van der Waals surface area contributed by atoms with Gasteiger partial charge in [0, 0.05) is 36.9 Å². The molecule has 0 bridgehead atoms. The number of fused-ring (bicyclic) bond motifs is 3. The lowest BCUT2D eigenvalue weighted by Crippen LogP contribution is -2.37. The van der Waals surface area contributed by atoms with Crippen LogP contribution >= 0.6 is 11.6 Å². The zero-order chi connectivity index (χ0) is 14.3. The molecule has 0 radical (unpaired) electrons. The number of halogens is 1. The van der Waals surface area contributed by atoms with Gasteiger partial charge in [-0.1, -0.05) is 0 Å². The van der Waals surface area contributed by atoms with Crippen LogP contribution in [0.4, 0.5) is 0 Å². The number of carbonyl (C=O) groups is 1. The number of aryl methyl sites for hydroxylation is 1. The van der Waals surface area contributed by atoms with E-state index in [0.29, 0.717) is 24.4 Å². The molecule has 0 N–H and O–H groups in total. The minimum Gasteiger partial charge on any atom is -0.339 e. The summed E-state index contributed by atoms with van der Waals surface area (Å²) < 4.78 is 2.06. The highest BCUT2D eigenvalue weighted by atomic mass is 35.5. The van der Waals surface area contributed by atoms with Crippen LogP contribution in [0.5, 0.6) is 0 Å². The maximum absolute atomic E-state index is 12.4. The highest BCUT2D eigenvalue weighted by Gasteiger charge is 2.28. The Bertz CT molecular complexity index is 742. The third-order valence-corrected chi connectivity index (χ3v) is 4.04. The van der Waals surface area contributed by atoms with Gasteiger partial charge >= 0.3 is 0 Å². The summed E-state index contributed by atoms with van der Waals surface area (Å²) in [5, 5.41) is 10.0. The van der Waals surface area contributed by atoms with Gasteiger partial charge in [0.15, 0.2) is 0 Å². The molecule has 0 unspecified atom stereocenters. The van der Waals surface area contributed by atoms with E-state index < -0.39 is 0 Å². The van der Waals surface area contributed by atoms with Gasteiger partial charge in [-0.25, -0.2) is 0 Å². The standard InChI is InChI=1S/C15H14ClN3O/c1-18-6-7-19-13-3-2-10(9-17)8-12(13)11(4-5-16)14(19)15(18)20/h2-3,8H,4-7H2,1H3. The fourth-order valence-corrected chi connectivity index (χ4v) is 3.04. The summed E-state index contributed by atoms with van der Waals surface area (Å²) in [6.07, 6.45) is 0.634. The topological polar surface area (TPSA) is 49.0 Å². The zero-order valence-corrected chi connectivity index (χ0v) is 11.9. The van der Waals surface area contributed by atoms with Gasteiger partial charge in [-0.3, -0.25) is 4.79 Å². The van der Waals surface area contributed by atoms with Crippen molar-refractivity contribution in [2.45, 2.75) is 13.0 Å². The minimum absolute atomic E-state index is 0.0334. The SMILES string of the molecule is CN1CCn2c(c(CCCl)c3cc(C#N)ccc32)C1=O. The molecule has 20 heavy (non-hydrogen) atoms. The molecule has 1 aliphatic rings. The maximum Gasteiger partial charge on any atom is 0.270 e. The van der Waals surface area contributed by atoms with Gasteiger partial charge in [0.05, 0.1) is 11.6 Å². The molecule has 1 amide bonds. The number of benzene rings is 1. The van der Waals surface area contributed by atoms with Gasteiger partial charge in [0.25, 0.3) is 5.91 Å². The van der Waals surface area contributed by atoms with Crippen molar-refractivity contribution < 1.29 is 4.79 Å². The van der Waals surface area contributed by atoms with Gasteiger partial charge in [-0.15, -0.1) is 11.6 Å². The zero-order valence-electron chi connectivity index (χ0n) is 11.2. The molecule has 3 rings (SSSR count). The van der Waals surface area contributed by atoms with Gasteiger partial charge < -0.3 is 9.47 Å². The van der Waals surface area contributed by atoms with Crippen molar-refractivity contribution in [3.05, 3.63) is 35.0 Å². The van der Waals surface area contributed by atoms with Crippen LogP contribution in [0, 0.1) is 11.3 Å². The smallest absolute Gasteiger partial charge is 0.270 e. The predicted octanol–water partition coefficient (Wildman–Crippen LogP) is 2.38. The van der Waals surface area contributed by atoms with Crippen molar-refractivity contribution in [3.8, 4) is 6.07 Å². The molecule has 102 valence electrons. The Morgan fingerprint density at radius 2 is 2.20 bits per heavy atom. The molecule has 2 aromatic rings. The van der Waals surface area contributed by atoms with Crippen molar-refractivity contribution in [2.75, 3.05) is 19.5 Å². The first-order valence-corrected chi connectivity index (χ1v) is 7.07. The summed E-state index contributed by atoms with van der Waals surface area (Å²) in [6.45, 7) is 1.48. The Morgan fingerprint density at radius 1 is 1.40 bits per heavy atom. The van der Waals surface area contributed by atoms with Crippen molar-refractivity contribution in [1.82, 2.24) is 9.47 Å². The van der Waals surface area contributed by atoms with E-state index in [2.05, 4.69) is 10.6 Å². The Labute approximate surface area is 122 Å². The number of likely N-dealkylation sites (N-methyl/N-ethyl adjacent to an activating group) is 1. The quantitative estimate of drug-likeness (QED) is 0.796. The molecule has 0 aliphatic carbocycles. The average Bonchev–Trinajstić information content (AvgIpc) is 2.77. The summed E-state index contributed by atoms with van der Waals surface area (Å²) >= 11 is 5.89. The van der Waals surface area contributed by atoms with E-state index in [1.54, 1.807) is 11.0 Å². The fraction of sp³-hybridized carbons (Fsp3) is 0.333. The fourth-order valence-electron chi connectivity index (χ4n) is 2.85. The summed E-state index contributed by atoms with van der Waals surface area (Å²) in [5.41, 5.74) is 3.31. The number of amides is 1. The molecule has 1 aromatic heterocycles. The van der Waals surface area contributed by atoms with Crippen LogP contribution in [-0.2, 0) is 13.0 Å². The third kappa shape index (κ3) is 1.78. The van der Waals surface area contributed by atoms with Crippen LogP contribution in [0.1, 0.15) is 21.6 Å². The lowest BCUT2D eigenvalue weighted by atomic mass is 10.1. The van der Waals surface area contributed by atoms with Gasteiger partial charge in [-0.05, 0) is 30.2 Å². The van der Waals surface area contributed by atoms with E-state index in [4.69, 9.17) is 16.9 Å². The van der Waals surface area contributed by atoms with Gasteiger partial charge in [-0.2, -0.15) is 5.26 Å². The lowest BCUT2D eigenvalue weighted by Gasteiger charge is -2.25. The number of carbonyl (C=O) groups excluding carboxylic acids is 1. The number of hydrogen-bond donors (Lipinski definition) is 0. The number of nitrogens with zero attached hydrogens (tertiary/aromatic N) is 3. The molecule has 2 heterocycles. The predicted molar refractivity (Wildman–Crippen MR) is 78.0 cm³/mol. The van der Waals surface area contributed by atoms with Crippen LogP contribution in [0.2, 0.25) is 0 Å². The summed E-state index contributed by atoms with van der Waals surface area (Å²) in [7, 11) is 1.81. The molecular weight excluding hydrogens is 274 g/mol. The van der Waals surface area contributed by atoms with Crippen LogP contribution < -0.4 is 0 Å². The van der Waals surface area contributed by atoms with Crippen molar-refractivity contribution in [1.29, 1.82) is 5.26 Å². The molecule has 5 heteroatoms. The maximum atomic E-state index is 12.4. The number of nitriles is 1. The van der Waals surface area contributed by atoms with Crippen LogP contribution in [0.15, 0.2) is 18.2 Å². The lowest BCUT2D eigenvalue weighted by molar-refractivity contribution is 0.0750. The van der Waals surface area contributed by atoms with Crippen LogP contribution in [-0.4, -0.2) is 34.8 Å². The molecule has 0 saturated carbocycles. The van der Waals surface area contributed by atoms with Crippen molar-refractivity contribution in [2.24, 2.45) is 0 Å². The minimum atomic E-state index is 0.0334. The summed E-state index contributed by atoms with van der Waals surface area (Å²) in [5.74, 6) is 0.492. The highest BCUT2D eigenvalue weighted by molar-refractivity contribution is 6.18. The van der Waals surface area contributed by atoms with E-state index in [-0.39, 0.29) is 5.91 Å². The van der Waals surface area contributed by atoms with E-state index in [1.807, 2.05) is 19.2 Å². The number of aromatic nitrogens is 1. The van der Waals surface area contributed by atoms with E-state index in [9.17, 15) is 4.79 Å². The van der Waals surface area contributed by atoms with E-state index in [0.717, 1.165) is 28.7 Å². The second-order valence-corrected chi connectivity index (χ2v) is 5.37. The Kier molecular flexibility index (Phi) is 3.15. The first-order valence-electron chi connectivity index (χ1n) is 6.54.